The highest BCUT2D eigenvalue weighted by atomic mass is 16.3. The zero-order chi connectivity index (χ0) is 9.47. The van der Waals surface area contributed by atoms with Gasteiger partial charge in [0.1, 0.15) is 0 Å². The van der Waals surface area contributed by atoms with Gasteiger partial charge in [0.05, 0.1) is 0 Å². The molecule has 1 aromatic rings. The van der Waals surface area contributed by atoms with Crippen molar-refractivity contribution in [2.24, 2.45) is 5.73 Å². The van der Waals surface area contributed by atoms with Crippen molar-refractivity contribution in [3.8, 4) is 0 Å². The molecule has 4 N–H and O–H groups in total. The van der Waals surface area contributed by atoms with E-state index in [1.165, 1.54) is 0 Å². The minimum Gasteiger partial charge on any atom is -0.374 e. The van der Waals surface area contributed by atoms with E-state index in [4.69, 9.17) is 5.73 Å². The molecule has 0 saturated carbocycles. The van der Waals surface area contributed by atoms with Crippen molar-refractivity contribution in [1.82, 2.24) is 0 Å². The largest absolute Gasteiger partial charge is 0.374 e. The van der Waals surface area contributed by atoms with Crippen molar-refractivity contribution in [3.05, 3.63) is 29.8 Å². The van der Waals surface area contributed by atoms with Gasteiger partial charge in [0.2, 0.25) is 0 Å². The molecule has 0 unspecified atom stereocenters. The zero-order valence-electron chi connectivity index (χ0n) is 6.95. The summed E-state index contributed by atoms with van der Waals surface area (Å²) in [5.41, 5.74) is 5.01. The molecule has 1 aliphatic rings. The number of aliphatic hydroxyl groups is 1. The third kappa shape index (κ3) is 0.961. The zero-order valence-corrected chi connectivity index (χ0v) is 6.95. The lowest BCUT2D eigenvalue weighted by atomic mass is 9.96. The van der Waals surface area contributed by atoms with Crippen LogP contribution in [0.15, 0.2) is 24.3 Å². The summed E-state index contributed by atoms with van der Waals surface area (Å²) in [6, 6.07) is 6.99. The van der Waals surface area contributed by atoms with Crippen LogP contribution in [0.4, 0.5) is 5.69 Å². The van der Waals surface area contributed by atoms with Crippen molar-refractivity contribution < 1.29 is 9.90 Å². The average molecular weight is 178 g/mol. The first-order valence-electron chi connectivity index (χ1n) is 4.02. The second-order valence-corrected chi connectivity index (χ2v) is 3.06. The molecule has 0 spiro atoms. The Morgan fingerprint density at radius 3 is 2.85 bits per heavy atom. The van der Waals surface area contributed by atoms with Gasteiger partial charge in [-0.25, -0.2) is 0 Å². The highest BCUT2D eigenvalue weighted by Crippen LogP contribution is 2.34. The number of hydrogen-bond donors (Lipinski definition) is 3. The van der Waals surface area contributed by atoms with Crippen LogP contribution in [0.5, 0.6) is 0 Å². The van der Waals surface area contributed by atoms with Crippen molar-refractivity contribution >= 4 is 11.6 Å². The quantitative estimate of drug-likeness (QED) is 0.556. The summed E-state index contributed by atoms with van der Waals surface area (Å²) in [5.74, 6) is -0.448. The number of amides is 1. The van der Waals surface area contributed by atoms with Crippen LogP contribution in [0.25, 0.3) is 0 Å². The van der Waals surface area contributed by atoms with Gasteiger partial charge in [0.25, 0.3) is 5.91 Å². The summed E-state index contributed by atoms with van der Waals surface area (Å²) in [5, 5.41) is 12.5. The van der Waals surface area contributed by atoms with Gasteiger partial charge in [-0.2, -0.15) is 0 Å². The Kier molecular flexibility index (Phi) is 1.61. The Bertz CT molecular complexity index is 364. The Labute approximate surface area is 75.4 Å². The first-order chi connectivity index (χ1) is 6.18. The van der Waals surface area contributed by atoms with E-state index in [1.54, 1.807) is 24.3 Å². The van der Waals surface area contributed by atoms with Gasteiger partial charge in [-0.15, -0.1) is 0 Å². The molecular formula is C9H10N2O2. The second-order valence-electron chi connectivity index (χ2n) is 3.06. The summed E-state index contributed by atoms with van der Waals surface area (Å²) in [4.78, 5) is 11.3. The molecule has 68 valence electrons. The predicted molar refractivity (Wildman–Crippen MR) is 48.0 cm³/mol. The summed E-state index contributed by atoms with van der Waals surface area (Å²) in [6.45, 7) is -0.101. The molecule has 1 amide bonds. The number of benzene rings is 1. The highest BCUT2D eigenvalue weighted by Gasteiger charge is 2.43. The van der Waals surface area contributed by atoms with Crippen LogP contribution in [0.2, 0.25) is 0 Å². The maximum absolute atomic E-state index is 11.3. The number of para-hydroxylation sites is 1. The molecule has 0 saturated heterocycles. The number of nitrogens with two attached hydrogens (primary N) is 1. The topological polar surface area (TPSA) is 75.3 Å². The maximum Gasteiger partial charge on any atom is 0.262 e. The van der Waals surface area contributed by atoms with Crippen molar-refractivity contribution in [2.75, 3.05) is 11.9 Å². The number of fused-ring (bicyclic) bond motifs is 1. The van der Waals surface area contributed by atoms with Crippen LogP contribution >= 0.6 is 0 Å². The molecule has 0 bridgehead atoms. The van der Waals surface area contributed by atoms with Crippen LogP contribution in [0.3, 0.4) is 0 Å². The second kappa shape index (κ2) is 2.55. The summed E-state index contributed by atoms with van der Waals surface area (Å²) < 4.78 is 0. The van der Waals surface area contributed by atoms with Gasteiger partial charge in [-0.05, 0) is 6.07 Å². The van der Waals surface area contributed by atoms with Gasteiger partial charge >= 0.3 is 0 Å². The number of anilines is 1. The molecule has 13 heavy (non-hydrogen) atoms. The molecule has 2 rings (SSSR count). The molecule has 0 aliphatic carbocycles. The monoisotopic (exact) mass is 178 g/mol. The Balaban J connectivity index is 2.59. The number of hydrogen-bond acceptors (Lipinski definition) is 3. The van der Waals surface area contributed by atoms with Crippen LogP contribution in [0.1, 0.15) is 5.56 Å². The van der Waals surface area contributed by atoms with Crippen LogP contribution in [-0.2, 0) is 10.4 Å². The maximum atomic E-state index is 11.3. The molecule has 4 nitrogen and oxygen atoms in total. The normalized spacial score (nSPS) is 25.5. The molecule has 1 atom stereocenters. The van der Waals surface area contributed by atoms with Gasteiger partial charge in [-0.1, -0.05) is 18.2 Å². The fraction of sp³-hybridized carbons (Fsp3) is 0.222. The first kappa shape index (κ1) is 8.22. The van der Waals surface area contributed by atoms with Gasteiger partial charge in [0.15, 0.2) is 5.60 Å². The van der Waals surface area contributed by atoms with Crippen molar-refractivity contribution in [1.29, 1.82) is 0 Å². The summed E-state index contributed by atoms with van der Waals surface area (Å²) in [7, 11) is 0. The van der Waals surface area contributed by atoms with E-state index in [2.05, 4.69) is 5.32 Å². The first-order valence-corrected chi connectivity index (χ1v) is 4.02. The molecule has 0 fully saturated rings. The molecule has 0 radical (unpaired) electrons. The predicted octanol–water partition coefficient (Wildman–Crippen LogP) is -0.215. The van der Waals surface area contributed by atoms with Gasteiger partial charge in [0, 0.05) is 17.8 Å². The number of carbonyl (C=O) groups is 1. The standard InChI is InChI=1S/C9H10N2O2/c10-5-9(13)6-3-1-2-4-7(6)11-8(9)12/h1-4,13H,5,10H2,(H,11,12)/t9-/m1/s1. The third-order valence-corrected chi connectivity index (χ3v) is 2.29. The molecule has 1 heterocycles. The summed E-state index contributed by atoms with van der Waals surface area (Å²) in [6.07, 6.45) is 0. The smallest absolute Gasteiger partial charge is 0.262 e. The lowest BCUT2D eigenvalue weighted by Crippen LogP contribution is -2.41. The van der Waals surface area contributed by atoms with E-state index in [1.807, 2.05) is 0 Å². The van der Waals surface area contributed by atoms with Crippen molar-refractivity contribution in [3.63, 3.8) is 0 Å². The lowest BCUT2D eigenvalue weighted by Gasteiger charge is -2.17. The fourth-order valence-electron chi connectivity index (χ4n) is 1.50. The Morgan fingerprint density at radius 2 is 2.15 bits per heavy atom. The van der Waals surface area contributed by atoms with Gasteiger partial charge < -0.3 is 16.2 Å². The molecule has 1 aromatic carbocycles. The molecule has 4 heteroatoms. The van der Waals surface area contributed by atoms with E-state index < -0.39 is 11.5 Å². The fourth-order valence-corrected chi connectivity index (χ4v) is 1.50. The number of carbonyl (C=O) groups excluding carboxylic acids is 1. The SMILES string of the molecule is NC[C@]1(O)C(=O)Nc2ccccc21. The van der Waals surface area contributed by atoms with E-state index in [-0.39, 0.29) is 6.54 Å². The van der Waals surface area contributed by atoms with Gasteiger partial charge in [-0.3, -0.25) is 4.79 Å². The van der Waals surface area contributed by atoms with Crippen LogP contribution in [-0.4, -0.2) is 17.6 Å². The van der Waals surface area contributed by atoms with E-state index in [0.717, 1.165) is 0 Å². The molecule has 0 aromatic heterocycles. The third-order valence-electron chi connectivity index (χ3n) is 2.29. The minimum atomic E-state index is -1.55. The van der Waals surface area contributed by atoms with E-state index in [9.17, 15) is 9.90 Å². The minimum absolute atomic E-state index is 0.101. The number of nitrogens with one attached hydrogen (secondary N) is 1. The van der Waals surface area contributed by atoms with Crippen molar-refractivity contribution in [2.45, 2.75) is 5.60 Å². The lowest BCUT2D eigenvalue weighted by molar-refractivity contribution is -0.132. The molecule has 1 aliphatic heterocycles. The van der Waals surface area contributed by atoms with Crippen LogP contribution < -0.4 is 11.1 Å². The number of rotatable bonds is 1. The highest BCUT2D eigenvalue weighted by molar-refractivity contribution is 6.05. The Morgan fingerprint density at radius 1 is 1.46 bits per heavy atom. The summed E-state index contributed by atoms with van der Waals surface area (Å²) >= 11 is 0. The van der Waals surface area contributed by atoms with E-state index in [0.29, 0.717) is 11.3 Å². The Hall–Kier alpha value is -1.39. The average Bonchev–Trinajstić information content (AvgIpc) is 2.41. The van der Waals surface area contributed by atoms with E-state index >= 15 is 0 Å². The molecular weight excluding hydrogens is 168 g/mol. The van der Waals surface area contributed by atoms with Crippen LogP contribution in [0, 0.1) is 0 Å².